The lowest BCUT2D eigenvalue weighted by molar-refractivity contribution is 0.102. The van der Waals surface area contributed by atoms with Gasteiger partial charge in [-0.3, -0.25) is 4.79 Å². The standard InChI is InChI=1S/C23H29N3O3S/c27-23(24-21-12-3-4-13-22(21)25-14-7-8-15-25)19-10-9-11-20(18-19)30(28,29)26-16-5-1-2-6-17-26/h3-4,9-13,18H,1-2,5-8,14-17H2,(H,24,27). The van der Waals surface area contributed by atoms with Gasteiger partial charge in [-0.2, -0.15) is 4.31 Å². The first-order valence-electron chi connectivity index (χ1n) is 10.8. The summed E-state index contributed by atoms with van der Waals surface area (Å²) in [6.07, 6.45) is 6.19. The summed E-state index contributed by atoms with van der Waals surface area (Å²) in [7, 11) is -3.59. The maximum atomic E-state index is 13.1. The van der Waals surface area contributed by atoms with Crippen LogP contribution in [0.3, 0.4) is 0 Å². The van der Waals surface area contributed by atoms with Gasteiger partial charge in [-0.25, -0.2) is 8.42 Å². The normalized spacial score (nSPS) is 18.2. The number of hydrogen-bond donors (Lipinski definition) is 1. The molecule has 7 heteroatoms. The molecule has 4 rings (SSSR count). The topological polar surface area (TPSA) is 69.7 Å². The van der Waals surface area contributed by atoms with Crippen LogP contribution in [0.4, 0.5) is 11.4 Å². The van der Waals surface area contributed by atoms with Crippen molar-refractivity contribution in [3.63, 3.8) is 0 Å². The van der Waals surface area contributed by atoms with Gasteiger partial charge >= 0.3 is 0 Å². The largest absolute Gasteiger partial charge is 0.370 e. The minimum Gasteiger partial charge on any atom is -0.370 e. The summed E-state index contributed by atoms with van der Waals surface area (Å²) < 4.78 is 27.7. The van der Waals surface area contributed by atoms with E-state index < -0.39 is 10.0 Å². The SMILES string of the molecule is O=C(Nc1ccccc1N1CCCC1)c1cccc(S(=O)(=O)N2CCCCCC2)c1. The van der Waals surface area contributed by atoms with Crippen molar-refractivity contribution in [3.8, 4) is 0 Å². The zero-order chi connectivity index (χ0) is 21.0. The van der Waals surface area contributed by atoms with Crippen molar-refractivity contribution in [3.05, 3.63) is 54.1 Å². The molecule has 1 amide bonds. The summed E-state index contributed by atoms with van der Waals surface area (Å²) in [5, 5.41) is 2.98. The Morgan fingerprint density at radius 3 is 2.20 bits per heavy atom. The Hall–Kier alpha value is -2.38. The number of nitrogens with one attached hydrogen (secondary N) is 1. The minimum atomic E-state index is -3.59. The molecule has 1 N–H and O–H groups in total. The molecule has 2 saturated heterocycles. The highest BCUT2D eigenvalue weighted by Crippen LogP contribution is 2.29. The van der Waals surface area contributed by atoms with E-state index in [1.54, 1.807) is 22.5 Å². The Balaban J connectivity index is 1.55. The van der Waals surface area contributed by atoms with Crippen molar-refractivity contribution in [2.75, 3.05) is 36.4 Å². The number of benzene rings is 2. The van der Waals surface area contributed by atoms with Gasteiger partial charge in [-0.05, 0) is 56.0 Å². The number of carbonyl (C=O) groups excluding carboxylic acids is 1. The maximum absolute atomic E-state index is 13.1. The second-order valence-corrected chi connectivity index (χ2v) is 9.95. The van der Waals surface area contributed by atoms with Crippen LogP contribution in [0.1, 0.15) is 48.9 Å². The van der Waals surface area contributed by atoms with Gasteiger partial charge in [0.1, 0.15) is 0 Å². The van der Waals surface area contributed by atoms with Crippen LogP contribution in [0.2, 0.25) is 0 Å². The number of carbonyl (C=O) groups is 1. The highest BCUT2D eigenvalue weighted by molar-refractivity contribution is 7.89. The molecule has 0 radical (unpaired) electrons. The number of sulfonamides is 1. The number of rotatable bonds is 5. The van der Waals surface area contributed by atoms with Crippen molar-refractivity contribution in [1.29, 1.82) is 0 Å². The molecule has 2 aromatic carbocycles. The molecular weight excluding hydrogens is 398 g/mol. The third-order valence-corrected chi connectivity index (χ3v) is 7.79. The lowest BCUT2D eigenvalue weighted by Crippen LogP contribution is -2.32. The van der Waals surface area contributed by atoms with Crippen LogP contribution in [0, 0.1) is 0 Å². The quantitative estimate of drug-likeness (QED) is 0.780. The summed E-state index contributed by atoms with van der Waals surface area (Å²) in [6.45, 7) is 3.05. The summed E-state index contributed by atoms with van der Waals surface area (Å²) >= 11 is 0. The van der Waals surface area contributed by atoms with Crippen LogP contribution >= 0.6 is 0 Å². The van der Waals surface area contributed by atoms with E-state index in [0.29, 0.717) is 18.7 Å². The molecule has 0 spiro atoms. The van der Waals surface area contributed by atoms with Crippen molar-refractivity contribution in [2.24, 2.45) is 0 Å². The van der Waals surface area contributed by atoms with Gasteiger partial charge in [0, 0.05) is 31.7 Å². The second kappa shape index (κ2) is 9.18. The molecule has 0 unspecified atom stereocenters. The lowest BCUT2D eigenvalue weighted by atomic mass is 10.2. The van der Waals surface area contributed by atoms with E-state index in [4.69, 9.17) is 0 Å². The van der Waals surface area contributed by atoms with Crippen LogP contribution < -0.4 is 10.2 Å². The Kier molecular flexibility index (Phi) is 6.39. The highest BCUT2D eigenvalue weighted by atomic mass is 32.2. The van der Waals surface area contributed by atoms with Crippen LogP contribution in [0.25, 0.3) is 0 Å². The van der Waals surface area contributed by atoms with E-state index in [1.165, 1.54) is 6.07 Å². The molecule has 2 aliphatic heterocycles. The van der Waals surface area contributed by atoms with E-state index in [1.807, 2.05) is 24.3 Å². The van der Waals surface area contributed by atoms with Gasteiger partial charge in [0.15, 0.2) is 0 Å². The van der Waals surface area contributed by atoms with Gasteiger partial charge in [-0.15, -0.1) is 0 Å². The smallest absolute Gasteiger partial charge is 0.255 e. The molecule has 2 aromatic rings. The van der Waals surface area contributed by atoms with Crippen molar-refractivity contribution >= 4 is 27.3 Å². The van der Waals surface area contributed by atoms with Gasteiger partial charge < -0.3 is 10.2 Å². The van der Waals surface area contributed by atoms with E-state index in [0.717, 1.165) is 63.0 Å². The van der Waals surface area contributed by atoms with Crippen LogP contribution in [-0.4, -0.2) is 44.8 Å². The minimum absolute atomic E-state index is 0.185. The molecule has 0 aromatic heterocycles. The molecule has 2 heterocycles. The summed E-state index contributed by atoms with van der Waals surface area (Å²) in [4.78, 5) is 15.4. The molecular formula is C23H29N3O3S. The molecule has 0 bridgehead atoms. The third kappa shape index (κ3) is 4.52. The predicted octanol–water partition coefficient (Wildman–Crippen LogP) is 4.10. The van der Waals surface area contributed by atoms with Crippen molar-refractivity contribution in [2.45, 2.75) is 43.4 Å². The molecule has 30 heavy (non-hydrogen) atoms. The van der Waals surface area contributed by atoms with Gasteiger partial charge in [-0.1, -0.05) is 31.0 Å². The fraction of sp³-hybridized carbons (Fsp3) is 0.435. The van der Waals surface area contributed by atoms with E-state index in [-0.39, 0.29) is 10.8 Å². The number of nitrogens with zero attached hydrogens (tertiary/aromatic N) is 2. The van der Waals surface area contributed by atoms with Crippen LogP contribution in [0.5, 0.6) is 0 Å². The molecule has 2 aliphatic rings. The Morgan fingerprint density at radius 2 is 1.47 bits per heavy atom. The van der Waals surface area contributed by atoms with E-state index in [9.17, 15) is 13.2 Å². The van der Waals surface area contributed by atoms with Crippen LogP contribution in [0.15, 0.2) is 53.4 Å². The number of hydrogen-bond acceptors (Lipinski definition) is 4. The molecule has 0 saturated carbocycles. The van der Waals surface area contributed by atoms with E-state index >= 15 is 0 Å². The monoisotopic (exact) mass is 427 g/mol. The van der Waals surface area contributed by atoms with Gasteiger partial charge in [0.25, 0.3) is 5.91 Å². The average Bonchev–Trinajstić information content (AvgIpc) is 3.15. The Bertz CT molecular complexity index is 992. The number of anilines is 2. The van der Waals surface area contributed by atoms with Crippen LogP contribution in [-0.2, 0) is 10.0 Å². The first kappa shape index (κ1) is 20.9. The molecule has 0 atom stereocenters. The molecule has 6 nitrogen and oxygen atoms in total. The molecule has 160 valence electrons. The fourth-order valence-electron chi connectivity index (χ4n) is 4.24. The lowest BCUT2D eigenvalue weighted by Gasteiger charge is -2.22. The zero-order valence-corrected chi connectivity index (χ0v) is 18.0. The number of amides is 1. The Morgan fingerprint density at radius 1 is 0.800 bits per heavy atom. The summed E-state index contributed by atoms with van der Waals surface area (Å²) in [6, 6.07) is 14.2. The fourth-order valence-corrected chi connectivity index (χ4v) is 5.80. The molecule has 2 fully saturated rings. The first-order valence-corrected chi connectivity index (χ1v) is 12.3. The van der Waals surface area contributed by atoms with Crippen molar-refractivity contribution in [1.82, 2.24) is 4.31 Å². The second-order valence-electron chi connectivity index (χ2n) is 8.01. The third-order valence-electron chi connectivity index (χ3n) is 5.90. The predicted molar refractivity (Wildman–Crippen MR) is 120 cm³/mol. The van der Waals surface area contributed by atoms with Gasteiger partial charge in [0.05, 0.1) is 16.3 Å². The Labute approximate surface area is 178 Å². The van der Waals surface area contributed by atoms with Crippen molar-refractivity contribution < 1.29 is 13.2 Å². The van der Waals surface area contributed by atoms with E-state index in [2.05, 4.69) is 10.2 Å². The van der Waals surface area contributed by atoms with Gasteiger partial charge in [0.2, 0.25) is 10.0 Å². The molecule has 0 aliphatic carbocycles. The maximum Gasteiger partial charge on any atom is 0.255 e. The zero-order valence-electron chi connectivity index (χ0n) is 17.2. The summed E-state index contributed by atoms with van der Waals surface area (Å²) in [5.74, 6) is -0.297. The highest BCUT2D eigenvalue weighted by Gasteiger charge is 2.26. The summed E-state index contributed by atoms with van der Waals surface area (Å²) in [5.41, 5.74) is 2.11. The first-order chi connectivity index (χ1) is 14.6. The average molecular weight is 428 g/mol. The number of para-hydroxylation sites is 2.